The Hall–Kier alpha value is -3.73. The van der Waals surface area contributed by atoms with Gasteiger partial charge in [-0.05, 0) is 31.9 Å². The lowest BCUT2D eigenvalue weighted by molar-refractivity contribution is -0.145. The van der Waals surface area contributed by atoms with Crippen LogP contribution >= 0.6 is 0 Å². The van der Waals surface area contributed by atoms with Crippen molar-refractivity contribution in [3.05, 3.63) is 52.9 Å². The lowest BCUT2D eigenvalue weighted by Crippen LogP contribution is -2.23. The number of carbonyl (C=O) groups excluding carboxylic acids is 2. The van der Waals surface area contributed by atoms with E-state index in [9.17, 15) is 18.4 Å². The van der Waals surface area contributed by atoms with Crippen molar-refractivity contribution in [2.24, 2.45) is 0 Å². The second-order valence-corrected chi connectivity index (χ2v) is 9.71. The lowest BCUT2D eigenvalue weighted by Gasteiger charge is -2.27. The smallest absolute Gasteiger partial charge is 0.302 e. The topological polar surface area (TPSA) is 92.1 Å². The number of carbonyl (C=O) groups is 2. The van der Waals surface area contributed by atoms with Crippen LogP contribution in [0.4, 0.5) is 8.78 Å². The highest BCUT2D eigenvalue weighted by Crippen LogP contribution is 2.41. The highest BCUT2D eigenvalue weighted by molar-refractivity contribution is 5.99. The van der Waals surface area contributed by atoms with Gasteiger partial charge in [-0.3, -0.25) is 9.59 Å². The Morgan fingerprint density at radius 1 is 1.16 bits per heavy atom. The molecule has 3 aromatic rings. The van der Waals surface area contributed by atoms with Gasteiger partial charge in [-0.25, -0.2) is 13.8 Å². The summed E-state index contributed by atoms with van der Waals surface area (Å²) in [7, 11) is 3.29. The number of nitrogens with zero attached hydrogens (tertiary/aromatic N) is 3. The number of aryl methyl sites for hydroxylation is 1. The van der Waals surface area contributed by atoms with E-state index in [2.05, 4.69) is 0 Å². The summed E-state index contributed by atoms with van der Waals surface area (Å²) in [4.78, 5) is 30.4. The van der Waals surface area contributed by atoms with Crippen molar-refractivity contribution in [2.45, 2.75) is 51.5 Å². The van der Waals surface area contributed by atoms with Gasteiger partial charge in [0.05, 0.1) is 23.8 Å². The first-order valence-electron chi connectivity index (χ1n) is 12.4. The molecule has 1 fully saturated rings. The molecule has 11 heteroatoms. The number of aromatic nitrogens is 2. The minimum Gasteiger partial charge on any atom is -0.493 e. The molecular weight excluding hydrogens is 500 g/mol. The standard InChI is InChI=1S/C27H29F2N3O6/c1-14-30-26-20(32(14)24-6-5-18(37-24)13-36-15(2)33)9-16(27(34)31(3)4)10-23(26)38-21-7-8-35-22-12-17(28)11-19(29)25(21)22/h9-12,18,21,24H,5-8,13H2,1-4H3/t18-,21-,24?/m1/s1. The molecule has 202 valence electrons. The van der Waals surface area contributed by atoms with Crippen LogP contribution in [-0.2, 0) is 14.3 Å². The Balaban J connectivity index is 1.55. The van der Waals surface area contributed by atoms with E-state index in [1.807, 2.05) is 11.5 Å². The molecule has 0 radical (unpaired) electrons. The van der Waals surface area contributed by atoms with Crippen LogP contribution in [-0.4, -0.2) is 59.7 Å². The molecule has 0 bridgehead atoms. The molecule has 0 saturated carbocycles. The molecule has 9 nitrogen and oxygen atoms in total. The normalized spacial score (nSPS) is 20.6. The third-order valence-electron chi connectivity index (χ3n) is 6.72. The number of benzene rings is 2. The fourth-order valence-electron chi connectivity index (χ4n) is 5.01. The first kappa shape index (κ1) is 25.9. The van der Waals surface area contributed by atoms with Gasteiger partial charge in [-0.1, -0.05) is 0 Å². The SMILES string of the molecule is CC(=O)OC[C@H]1CCC(n2c(C)nc3c(O[C@@H]4CCOc5cc(F)cc(F)c54)cc(C(=O)N(C)C)cc32)O1. The van der Waals surface area contributed by atoms with E-state index >= 15 is 0 Å². The Morgan fingerprint density at radius 2 is 1.95 bits per heavy atom. The maximum atomic E-state index is 14.8. The summed E-state index contributed by atoms with van der Waals surface area (Å²) >= 11 is 0. The number of imidazole rings is 1. The molecule has 3 heterocycles. The highest BCUT2D eigenvalue weighted by Gasteiger charge is 2.32. The molecular formula is C27H29F2N3O6. The predicted molar refractivity (Wildman–Crippen MR) is 132 cm³/mol. The molecule has 1 saturated heterocycles. The zero-order valence-corrected chi connectivity index (χ0v) is 21.6. The van der Waals surface area contributed by atoms with E-state index in [-0.39, 0.29) is 48.7 Å². The summed E-state index contributed by atoms with van der Waals surface area (Å²) < 4.78 is 53.6. The molecule has 2 aliphatic rings. The molecule has 38 heavy (non-hydrogen) atoms. The Morgan fingerprint density at radius 3 is 2.68 bits per heavy atom. The van der Waals surface area contributed by atoms with E-state index < -0.39 is 17.7 Å². The fourth-order valence-corrected chi connectivity index (χ4v) is 5.01. The second kappa shape index (κ2) is 10.2. The quantitative estimate of drug-likeness (QED) is 0.435. The molecule has 2 aromatic carbocycles. The first-order valence-corrected chi connectivity index (χ1v) is 12.4. The van der Waals surface area contributed by atoms with Crippen LogP contribution < -0.4 is 9.47 Å². The van der Waals surface area contributed by atoms with E-state index in [4.69, 9.17) is 23.9 Å². The Labute approximate surface area is 218 Å². The van der Waals surface area contributed by atoms with E-state index in [0.29, 0.717) is 47.4 Å². The van der Waals surface area contributed by atoms with Gasteiger partial charge in [-0.2, -0.15) is 0 Å². The van der Waals surface area contributed by atoms with Crippen molar-refractivity contribution in [1.29, 1.82) is 0 Å². The molecule has 2 aliphatic heterocycles. The summed E-state index contributed by atoms with van der Waals surface area (Å²) in [6, 6.07) is 5.27. The van der Waals surface area contributed by atoms with Crippen molar-refractivity contribution >= 4 is 22.9 Å². The van der Waals surface area contributed by atoms with Gasteiger partial charge >= 0.3 is 5.97 Å². The fraction of sp³-hybridized carbons (Fsp3) is 0.444. The molecule has 0 N–H and O–H groups in total. The van der Waals surface area contributed by atoms with Gasteiger partial charge in [0.25, 0.3) is 5.91 Å². The van der Waals surface area contributed by atoms with Gasteiger partial charge in [0.1, 0.15) is 53.4 Å². The van der Waals surface area contributed by atoms with Gasteiger partial charge in [-0.15, -0.1) is 0 Å². The van der Waals surface area contributed by atoms with Gasteiger partial charge < -0.3 is 28.4 Å². The van der Waals surface area contributed by atoms with E-state index in [1.165, 1.54) is 11.8 Å². The lowest BCUT2D eigenvalue weighted by atomic mass is 10.0. The van der Waals surface area contributed by atoms with Crippen molar-refractivity contribution in [3.8, 4) is 11.5 Å². The zero-order valence-electron chi connectivity index (χ0n) is 21.6. The van der Waals surface area contributed by atoms with Crippen LogP contribution in [0.1, 0.15) is 60.3 Å². The van der Waals surface area contributed by atoms with Crippen LogP contribution in [0.5, 0.6) is 11.5 Å². The first-order chi connectivity index (χ1) is 18.1. The van der Waals surface area contributed by atoms with Crippen LogP contribution in [0.3, 0.4) is 0 Å². The Bertz CT molecular complexity index is 1410. The molecule has 1 aromatic heterocycles. The number of hydrogen-bond donors (Lipinski definition) is 0. The minimum atomic E-state index is -0.770. The largest absolute Gasteiger partial charge is 0.493 e. The molecule has 3 atom stereocenters. The van der Waals surface area contributed by atoms with Gasteiger partial charge in [0.15, 0.2) is 0 Å². The summed E-state index contributed by atoms with van der Waals surface area (Å²) in [5.41, 5.74) is 1.59. The summed E-state index contributed by atoms with van der Waals surface area (Å²) in [5.74, 6) is -1.09. The predicted octanol–water partition coefficient (Wildman–Crippen LogP) is 4.47. The molecule has 0 spiro atoms. The number of rotatable bonds is 6. The summed E-state index contributed by atoms with van der Waals surface area (Å²) in [6.45, 7) is 3.55. The highest BCUT2D eigenvalue weighted by atomic mass is 19.1. The van der Waals surface area contributed by atoms with Crippen LogP contribution in [0.15, 0.2) is 24.3 Å². The maximum Gasteiger partial charge on any atom is 0.302 e. The molecule has 1 unspecified atom stereocenters. The van der Waals surface area contributed by atoms with Crippen LogP contribution in [0, 0.1) is 18.6 Å². The monoisotopic (exact) mass is 529 g/mol. The third-order valence-corrected chi connectivity index (χ3v) is 6.72. The number of hydrogen-bond acceptors (Lipinski definition) is 7. The number of halogens is 2. The zero-order chi connectivity index (χ0) is 27.1. The van der Waals surface area contributed by atoms with Gasteiger partial charge in [0, 0.05) is 45.1 Å². The summed E-state index contributed by atoms with van der Waals surface area (Å²) in [6.07, 6.45) is 0.253. The van der Waals surface area contributed by atoms with Crippen molar-refractivity contribution in [2.75, 3.05) is 27.3 Å². The van der Waals surface area contributed by atoms with Crippen molar-refractivity contribution in [3.63, 3.8) is 0 Å². The number of amides is 1. The van der Waals surface area contributed by atoms with Crippen molar-refractivity contribution in [1.82, 2.24) is 14.5 Å². The average molecular weight is 530 g/mol. The molecule has 0 aliphatic carbocycles. The van der Waals surface area contributed by atoms with Crippen LogP contribution in [0.2, 0.25) is 0 Å². The third kappa shape index (κ3) is 4.90. The number of esters is 1. The minimum absolute atomic E-state index is 0.0930. The van der Waals surface area contributed by atoms with Crippen LogP contribution in [0.25, 0.3) is 11.0 Å². The molecule has 5 rings (SSSR count). The second-order valence-electron chi connectivity index (χ2n) is 9.71. The number of fused-ring (bicyclic) bond motifs is 2. The van der Waals surface area contributed by atoms with Gasteiger partial charge in [0.2, 0.25) is 0 Å². The number of ether oxygens (including phenoxy) is 4. The van der Waals surface area contributed by atoms with E-state index in [0.717, 1.165) is 12.1 Å². The van der Waals surface area contributed by atoms with Crippen molar-refractivity contribution < 1.29 is 37.3 Å². The summed E-state index contributed by atoms with van der Waals surface area (Å²) in [5, 5.41) is 0. The van der Waals surface area contributed by atoms with E-state index in [1.54, 1.807) is 26.2 Å². The average Bonchev–Trinajstić information content (AvgIpc) is 3.45. The molecule has 1 amide bonds. The maximum absolute atomic E-state index is 14.8. The Kier molecular flexibility index (Phi) is 6.95.